The molecule has 0 bridgehead atoms. The van der Waals surface area contributed by atoms with Gasteiger partial charge in [-0.15, -0.1) is 12.4 Å². The summed E-state index contributed by atoms with van der Waals surface area (Å²) in [6, 6.07) is 6.55. The average Bonchev–Trinajstić information content (AvgIpc) is 2.57. The zero-order valence-corrected chi connectivity index (χ0v) is 14.1. The van der Waals surface area contributed by atoms with Crippen LogP contribution in [-0.2, 0) is 12.7 Å². The molecule has 8 heteroatoms. The fourth-order valence-corrected chi connectivity index (χ4v) is 3.02. The first kappa shape index (κ1) is 19.6. The van der Waals surface area contributed by atoms with Crippen molar-refractivity contribution >= 4 is 12.4 Å². The summed E-state index contributed by atoms with van der Waals surface area (Å²) < 4.78 is 52.9. The minimum atomic E-state index is -4.57. The number of halogens is 5. The number of alkyl halides is 3. The monoisotopic (exact) mass is 375 g/mol. The number of benzene rings is 1. The maximum absolute atomic E-state index is 13.3. The Bertz CT molecular complexity index is 694. The van der Waals surface area contributed by atoms with E-state index in [0.717, 1.165) is 11.6 Å². The van der Waals surface area contributed by atoms with E-state index in [-0.39, 0.29) is 30.6 Å². The average molecular weight is 376 g/mol. The molecule has 25 heavy (non-hydrogen) atoms. The number of pyridine rings is 1. The van der Waals surface area contributed by atoms with Crippen LogP contribution in [0.4, 0.5) is 17.6 Å². The van der Waals surface area contributed by atoms with Gasteiger partial charge in [0, 0.05) is 44.6 Å². The molecule has 1 aromatic heterocycles. The van der Waals surface area contributed by atoms with E-state index in [9.17, 15) is 17.6 Å². The van der Waals surface area contributed by atoms with Gasteiger partial charge in [0.15, 0.2) is 0 Å². The van der Waals surface area contributed by atoms with E-state index in [1.807, 2.05) is 17.0 Å². The molecule has 0 amide bonds. The zero-order chi connectivity index (χ0) is 17.2. The number of aromatic nitrogens is 1. The minimum absolute atomic E-state index is 0. The second-order valence-electron chi connectivity index (χ2n) is 5.77. The molecule has 2 heterocycles. The molecule has 1 unspecified atom stereocenters. The Morgan fingerprint density at radius 2 is 1.88 bits per heavy atom. The molecule has 1 aliphatic rings. The van der Waals surface area contributed by atoms with Crippen molar-refractivity contribution in [2.24, 2.45) is 0 Å². The van der Waals surface area contributed by atoms with E-state index in [4.69, 9.17) is 0 Å². The molecule has 0 aliphatic carbocycles. The molecule has 1 aliphatic heterocycles. The summed E-state index contributed by atoms with van der Waals surface area (Å²) in [5.74, 6) is -0.878. The van der Waals surface area contributed by atoms with Gasteiger partial charge in [-0.2, -0.15) is 13.2 Å². The fourth-order valence-electron chi connectivity index (χ4n) is 3.02. The summed E-state index contributed by atoms with van der Waals surface area (Å²) in [6.45, 7) is 2.07. The van der Waals surface area contributed by atoms with Crippen molar-refractivity contribution in [1.29, 1.82) is 0 Å². The highest BCUT2D eigenvalue weighted by atomic mass is 35.5. The van der Waals surface area contributed by atoms with E-state index in [1.165, 1.54) is 6.07 Å². The van der Waals surface area contributed by atoms with Gasteiger partial charge in [0.25, 0.3) is 0 Å². The highest BCUT2D eigenvalue weighted by Crippen LogP contribution is 2.34. The van der Waals surface area contributed by atoms with Gasteiger partial charge in [0.05, 0.1) is 5.56 Å². The number of nitrogens with zero attached hydrogens (tertiary/aromatic N) is 2. The third-order valence-corrected chi connectivity index (χ3v) is 4.20. The zero-order valence-electron chi connectivity index (χ0n) is 13.3. The van der Waals surface area contributed by atoms with Crippen molar-refractivity contribution in [3.8, 4) is 0 Å². The van der Waals surface area contributed by atoms with Gasteiger partial charge in [-0.05, 0) is 35.4 Å². The predicted molar refractivity (Wildman–Crippen MR) is 88.9 cm³/mol. The molecule has 136 valence electrons. The summed E-state index contributed by atoms with van der Waals surface area (Å²) in [7, 11) is 0. The topological polar surface area (TPSA) is 28.2 Å². The summed E-state index contributed by atoms with van der Waals surface area (Å²) >= 11 is 0. The summed E-state index contributed by atoms with van der Waals surface area (Å²) in [5, 5.41) is 3.26. The first-order valence-electron chi connectivity index (χ1n) is 7.65. The van der Waals surface area contributed by atoms with E-state index in [0.29, 0.717) is 25.7 Å². The molecule has 0 saturated carbocycles. The predicted octanol–water partition coefficient (Wildman–Crippen LogP) is 3.81. The fraction of sp³-hybridized carbons (Fsp3) is 0.353. The Labute approximate surface area is 149 Å². The summed E-state index contributed by atoms with van der Waals surface area (Å²) in [5.41, 5.74) is 0.173. The maximum Gasteiger partial charge on any atom is 0.416 e. The number of nitrogens with one attached hydrogen (secondary N) is 1. The van der Waals surface area contributed by atoms with Gasteiger partial charge >= 0.3 is 6.18 Å². The maximum atomic E-state index is 13.3. The largest absolute Gasteiger partial charge is 0.416 e. The number of rotatable bonds is 3. The van der Waals surface area contributed by atoms with Crippen LogP contribution in [0.25, 0.3) is 0 Å². The van der Waals surface area contributed by atoms with E-state index in [2.05, 4.69) is 10.3 Å². The Kier molecular flexibility index (Phi) is 6.37. The van der Waals surface area contributed by atoms with Crippen molar-refractivity contribution < 1.29 is 17.6 Å². The van der Waals surface area contributed by atoms with Gasteiger partial charge in [0.1, 0.15) is 5.82 Å². The lowest BCUT2D eigenvalue weighted by Gasteiger charge is -2.37. The van der Waals surface area contributed by atoms with E-state index in [1.54, 1.807) is 12.4 Å². The molecule has 1 saturated heterocycles. The van der Waals surface area contributed by atoms with Crippen LogP contribution in [0.15, 0.2) is 42.7 Å². The second-order valence-corrected chi connectivity index (χ2v) is 5.77. The van der Waals surface area contributed by atoms with Crippen LogP contribution >= 0.6 is 12.4 Å². The first-order chi connectivity index (χ1) is 11.4. The highest BCUT2D eigenvalue weighted by Gasteiger charge is 2.35. The molecule has 1 N–H and O–H groups in total. The van der Waals surface area contributed by atoms with Crippen LogP contribution in [0, 0.1) is 5.82 Å². The third-order valence-electron chi connectivity index (χ3n) is 4.20. The van der Waals surface area contributed by atoms with Crippen LogP contribution in [0.5, 0.6) is 0 Å². The molecule has 2 aromatic rings. The SMILES string of the molecule is Cl.Fc1ccc(CN2CCNCC2c2ccncc2)c(C(F)(F)F)c1. The second kappa shape index (κ2) is 8.12. The Morgan fingerprint density at radius 3 is 2.56 bits per heavy atom. The quantitative estimate of drug-likeness (QED) is 0.827. The lowest BCUT2D eigenvalue weighted by atomic mass is 10.0. The molecular formula is C17H18ClF4N3. The number of hydrogen-bond acceptors (Lipinski definition) is 3. The van der Waals surface area contributed by atoms with Gasteiger partial charge < -0.3 is 5.32 Å². The Hall–Kier alpha value is -1.70. The van der Waals surface area contributed by atoms with Crippen LogP contribution in [0.3, 0.4) is 0 Å². The summed E-state index contributed by atoms with van der Waals surface area (Å²) in [6.07, 6.45) is -1.24. The van der Waals surface area contributed by atoms with Crippen molar-refractivity contribution in [1.82, 2.24) is 15.2 Å². The molecule has 1 fully saturated rings. The van der Waals surface area contributed by atoms with Gasteiger partial charge in [0.2, 0.25) is 0 Å². The Morgan fingerprint density at radius 1 is 1.16 bits per heavy atom. The van der Waals surface area contributed by atoms with E-state index >= 15 is 0 Å². The van der Waals surface area contributed by atoms with Crippen molar-refractivity contribution in [3.05, 3.63) is 65.2 Å². The summed E-state index contributed by atoms with van der Waals surface area (Å²) in [4.78, 5) is 5.96. The van der Waals surface area contributed by atoms with Crippen LogP contribution in [0.1, 0.15) is 22.7 Å². The van der Waals surface area contributed by atoms with Crippen molar-refractivity contribution in [2.75, 3.05) is 19.6 Å². The number of piperazine rings is 1. The van der Waals surface area contributed by atoms with Gasteiger partial charge in [-0.1, -0.05) is 6.07 Å². The normalized spacial score (nSPS) is 18.6. The molecule has 0 spiro atoms. The molecule has 0 radical (unpaired) electrons. The van der Waals surface area contributed by atoms with Crippen molar-refractivity contribution in [2.45, 2.75) is 18.8 Å². The lowest BCUT2D eigenvalue weighted by Crippen LogP contribution is -2.45. The molecule has 3 rings (SSSR count). The van der Waals surface area contributed by atoms with Crippen LogP contribution < -0.4 is 5.32 Å². The van der Waals surface area contributed by atoms with Crippen molar-refractivity contribution in [3.63, 3.8) is 0 Å². The van der Waals surface area contributed by atoms with Gasteiger partial charge in [-0.3, -0.25) is 9.88 Å². The molecule has 1 atom stereocenters. The molecule has 1 aromatic carbocycles. The molecular weight excluding hydrogens is 358 g/mol. The van der Waals surface area contributed by atoms with Crippen LogP contribution in [-0.4, -0.2) is 29.5 Å². The van der Waals surface area contributed by atoms with Crippen LogP contribution in [0.2, 0.25) is 0 Å². The van der Waals surface area contributed by atoms with Gasteiger partial charge in [-0.25, -0.2) is 4.39 Å². The minimum Gasteiger partial charge on any atom is -0.314 e. The number of hydrogen-bond donors (Lipinski definition) is 1. The third kappa shape index (κ3) is 4.68. The standard InChI is InChI=1S/C17H17F4N3.ClH/c18-14-2-1-13(15(9-14)17(19,20)21)11-24-8-7-23-10-16(24)12-3-5-22-6-4-12;/h1-6,9,16,23H,7-8,10-11H2;1H. The lowest BCUT2D eigenvalue weighted by molar-refractivity contribution is -0.138. The first-order valence-corrected chi connectivity index (χ1v) is 7.65. The smallest absolute Gasteiger partial charge is 0.314 e. The van der Waals surface area contributed by atoms with E-state index < -0.39 is 17.6 Å². The highest BCUT2D eigenvalue weighted by molar-refractivity contribution is 5.85. The Balaban J connectivity index is 0.00000225. The molecule has 3 nitrogen and oxygen atoms in total.